The van der Waals surface area contributed by atoms with E-state index in [9.17, 15) is 13.2 Å². The van der Waals surface area contributed by atoms with E-state index in [1.54, 1.807) is 43.6 Å². The van der Waals surface area contributed by atoms with Crippen molar-refractivity contribution in [1.29, 1.82) is 0 Å². The van der Waals surface area contributed by atoms with Gasteiger partial charge >= 0.3 is 0 Å². The van der Waals surface area contributed by atoms with Gasteiger partial charge in [-0.15, -0.1) is 0 Å². The van der Waals surface area contributed by atoms with E-state index in [4.69, 9.17) is 4.74 Å². The lowest BCUT2D eigenvalue weighted by Crippen LogP contribution is -2.42. The molecule has 3 heterocycles. The Kier molecular flexibility index (Phi) is 5.67. The summed E-state index contributed by atoms with van der Waals surface area (Å²) in [5.74, 6) is 1.42. The van der Waals surface area contributed by atoms with Gasteiger partial charge in [0.05, 0.1) is 10.9 Å². The largest absolute Gasteiger partial charge is 0.491 e. The highest BCUT2D eigenvalue weighted by Crippen LogP contribution is 2.25. The molecule has 0 saturated heterocycles. The minimum atomic E-state index is -3.59. The molecule has 0 aliphatic carbocycles. The van der Waals surface area contributed by atoms with E-state index < -0.39 is 10.0 Å². The molecule has 2 aliphatic rings. The minimum Gasteiger partial charge on any atom is -0.491 e. The molecule has 9 heteroatoms. The van der Waals surface area contributed by atoms with Crippen molar-refractivity contribution in [1.82, 2.24) is 19.2 Å². The van der Waals surface area contributed by atoms with Crippen molar-refractivity contribution in [3.63, 3.8) is 0 Å². The molecule has 2 aliphatic heterocycles. The number of fused-ring (bicyclic) bond motifs is 2. The van der Waals surface area contributed by atoms with Crippen LogP contribution in [-0.2, 0) is 29.4 Å². The lowest BCUT2D eigenvalue weighted by molar-refractivity contribution is 0.0910. The van der Waals surface area contributed by atoms with Gasteiger partial charge in [-0.3, -0.25) is 4.79 Å². The Labute approximate surface area is 193 Å². The van der Waals surface area contributed by atoms with Gasteiger partial charge in [0.25, 0.3) is 5.91 Å². The molecule has 3 aromatic rings. The van der Waals surface area contributed by atoms with Crippen LogP contribution < -0.4 is 10.1 Å². The first-order valence-corrected chi connectivity index (χ1v) is 12.5. The Balaban J connectivity index is 1.26. The molecular weight excluding hydrogens is 440 g/mol. The second kappa shape index (κ2) is 8.64. The van der Waals surface area contributed by atoms with E-state index >= 15 is 0 Å². The second-order valence-corrected chi connectivity index (χ2v) is 10.5. The zero-order valence-electron chi connectivity index (χ0n) is 18.3. The van der Waals surface area contributed by atoms with Gasteiger partial charge < -0.3 is 14.6 Å². The normalized spacial score (nSPS) is 19.9. The summed E-state index contributed by atoms with van der Waals surface area (Å²) in [6, 6.07) is 15.9. The number of nitrogens with zero attached hydrogens (tertiary/aromatic N) is 3. The van der Waals surface area contributed by atoms with Crippen molar-refractivity contribution in [2.75, 3.05) is 13.7 Å². The van der Waals surface area contributed by atoms with Crippen LogP contribution in [0.5, 0.6) is 5.75 Å². The van der Waals surface area contributed by atoms with Gasteiger partial charge in [0.1, 0.15) is 23.9 Å². The van der Waals surface area contributed by atoms with Crippen LogP contribution in [0.1, 0.15) is 28.3 Å². The number of aromatic nitrogens is 2. The van der Waals surface area contributed by atoms with Gasteiger partial charge in [0, 0.05) is 32.3 Å². The van der Waals surface area contributed by atoms with Crippen molar-refractivity contribution in [2.24, 2.45) is 0 Å². The van der Waals surface area contributed by atoms with Crippen LogP contribution in [0.4, 0.5) is 0 Å². The molecule has 1 unspecified atom stereocenters. The molecule has 1 aromatic heterocycles. The summed E-state index contributed by atoms with van der Waals surface area (Å²) in [6.07, 6.45) is 3.68. The van der Waals surface area contributed by atoms with Crippen molar-refractivity contribution in [3.05, 3.63) is 77.9 Å². The number of hydrogen-bond donors (Lipinski definition) is 1. The molecule has 0 fully saturated rings. The number of benzene rings is 2. The monoisotopic (exact) mass is 466 g/mol. The first-order chi connectivity index (χ1) is 15.9. The van der Waals surface area contributed by atoms with Crippen molar-refractivity contribution < 1.29 is 17.9 Å². The lowest BCUT2D eigenvalue weighted by Gasteiger charge is -2.31. The topological polar surface area (TPSA) is 93.5 Å². The summed E-state index contributed by atoms with van der Waals surface area (Å²) in [5.41, 5.74) is 1.42. The van der Waals surface area contributed by atoms with E-state index in [0.29, 0.717) is 38.1 Å². The Hall–Kier alpha value is -3.17. The van der Waals surface area contributed by atoms with Gasteiger partial charge in [-0.1, -0.05) is 36.4 Å². The van der Waals surface area contributed by atoms with Gasteiger partial charge in [-0.05, 0) is 36.6 Å². The van der Waals surface area contributed by atoms with Gasteiger partial charge in [-0.25, -0.2) is 13.4 Å². The number of hydrogen-bond acceptors (Lipinski definition) is 5. The first kappa shape index (κ1) is 21.7. The maximum absolute atomic E-state index is 13.0. The summed E-state index contributed by atoms with van der Waals surface area (Å²) in [4.78, 5) is 17.6. The molecule has 0 spiro atoms. The third-order valence-corrected chi connectivity index (χ3v) is 8.27. The van der Waals surface area contributed by atoms with Crippen molar-refractivity contribution >= 4 is 15.9 Å². The average Bonchev–Trinajstić information content (AvgIpc) is 3.28. The van der Waals surface area contributed by atoms with Gasteiger partial charge in [-0.2, -0.15) is 4.31 Å². The number of sulfonamides is 1. The number of rotatable bonds is 5. The number of carbonyl (C=O) groups excluding carboxylic acids is 1. The third-order valence-electron chi connectivity index (χ3n) is 6.35. The zero-order valence-corrected chi connectivity index (χ0v) is 19.2. The molecule has 1 amide bonds. The van der Waals surface area contributed by atoms with Gasteiger partial charge in [0.15, 0.2) is 0 Å². The molecule has 172 valence electrons. The predicted octanol–water partition coefficient (Wildman–Crippen LogP) is 2.25. The van der Waals surface area contributed by atoms with Crippen molar-refractivity contribution in [2.45, 2.75) is 42.8 Å². The third kappa shape index (κ3) is 4.26. The number of amides is 1. The van der Waals surface area contributed by atoms with Crippen LogP contribution in [0.25, 0.3) is 0 Å². The van der Waals surface area contributed by atoms with Crippen LogP contribution in [-0.4, -0.2) is 53.9 Å². The molecule has 33 heavy (non-hydrogen) atoms. The predicted molar refractivity (Wildman–Crippen MR) is 123 cm³/mol. The summed E-state index contributed by atoms with van der Waals surface area (Å²) in [5, 5.41) is 3.02. The van der Waals surface area contributed by atoms with Crippen LogP contribution in [0.15, 0.2) is 65.7 Å². The highest BCUT2D eigenvalue weighted by Gasteiger charge is 2.32. The molecule has 2 aromatic carbocycles. The second-order valence-electron chi connectivity index (χ2n) is 8.51. The summed E-state index contributed by atoms with van der Waals surface area (Å²) < 4.78 is 35.1. The van der Waals surface area contributed by atoms with Crippen LogP contribution in [0.2, 0.25) is 0 Å². The fourth-order valence-corrected chi connectivity index (χ4v) is 5.87. The number of carbonyl (C=O) groups is 1. The molecule has 5 rings (SSSR count). The Bertz CT molecular complexity index is 1270. The van der Waals surface area contributed by atoms with Crippen molar-refractivity contribution in [3.8, 4) is 5.75 Å². The molecule has 2 atom stereocenters. The van der Waals surface area contributed by atoms with Crippen LogP contribution in [0, 0.1) is 0 Å². The number of nitrogens with one attached hydrogen (secondary N) is 1. The maximum Gasteiger partial charge on any atom is 0.271 e. The Morgan fingerprint density at radius 2 is 1.91 bits per heavy atom. The minimum absolute atomic E-state index is 0.124. The molecular formula is C24H26N4O4S. The summed E-state index contributed by atoms with van der Waals surface area (Å²) in [6.45, 7) is 0.874. The smallest absolute Gasteiger partial charge is 0.271 e. The SMILES string of the molecule is CN(C1CCc2nc(C(=O)N[C@H]3COc4ccccc4C3)cn2C1)S(=O)(=O)c1ccccc1. The molecule has 0 radical (unpaired) electrons. The first-order valence-electron chi connectivity index (χ1n) is 11.0. The quantitative estimate of drug-likeness (QED) is 0.623. The maximum atomic E-state index is 13.0. The fourth-order valence-electron chi connectivity index (χ4n) is 4.47. The molecule has 0 saturated carbocycles. The van der Waals surface area contributed by atoms with E-state index in [1.165, 1.54) is 4.31 Å². The average molecular weight is 467 g/mol. The molecule has 8 nitrogen and oxygen atoms in total. The highest BCUT2D eigenvalue weighted by molar-refractivity contribution is 7.89. The summed E-state index contributed by atoms with van der Waals surface area (Å²) >= 11 is 0. The zero-order chi connectivity index (χ0) is 23.0. The Morgan fingerprint density at radius 1 is 1.15 bits per heavy atom. The molecule has 1 N–H and O–H groups in total. The fraction of sp³-hybridized carbons (Fsp3) is 0.333. The van der Waals surface area contributed by atoms with E-state index in [-0.39, 0.29) is 22.9 Å². The van der Waals surface area contributed by atoms with E-state index in [2.05, 4.69) is 10.3 Å². The molecule has 0 bridgehead atoms. The summed E-state index contributed by atoms with van der Waals surface area (Å²) in [7, 11) is -1.97. The highest BCUT2D eigenvalue weighted by atomic mass is 32.2. The lowest BCUT2D eigenvalue weighted by atomic mass is 10.0. The van der Waals surface area contributed by atoms with Gasteiger partial charge in [0.2, 0.25) is 10.0 Å². The van der Waals surface area contributed by atoms with Crippen LogP contribution in [0.3, 0.4) is 0 Å². The Morgan fingerprint density at radius 3 is 2.73 bits per heavy atom. The number of aryl methyl sites for hydroxylation is 1. The van der Waals surface area contributed by atoms with Crippen LogP contribution >= 0.6 is 0 Å². The number of para-hydroxylation sites is 1. The number of likely N-dealkylation sites (N-methyl/N-ethyl adjacent to an activating group) is 1. The van der Waals surface area contributed by atoms with E-state index in [1.807, 2.05) is 28.8 Å². The standard InChI is InChI=1S/C24H26N4O4S/c1-27(33(30,31)20-8-3-2-4-9-20)19-11-12-23-26-21(15-28(23)14-19)24(29)25-18-13-17-7-5-6-10-22(17)32-16-18/h2-10,15,18-19H,11-14,16H2,1H3,(H,25,29)/t18-,19?/m1/s1. The number of imidazole rings is 1. The van der Waals surface area contributed by atoms with E-state index in [0.717, 1.165) is 17.1 Å². The number of ether oxygens (including phenoxy) is 1.